The first-order valence-corrected chi connectivity index (χ1v) is 5.09. The third-order valence-electron chi connectivity index (χ3n) is 1.83. The number of nitrogens with two attached hydrogens (primary N) is 1. The van der Waals surface area contributed by atoms with Gasteiger partial charge in [-0.3, -0.25) is 0 Å². The molecule has 0 radical (unpaired) electrons. The van der Waals surface area contributed by atoms with Crippen LogP contribution in [0, 0.1) is 0 Å². The lowest BCUT2D eigenvalue weighted by Crippen LogP contribution is -2.34. The van der Waals surface area contributed by atoms with E-state index in [9.17, 15) is 10.2 Å². The van der Waals surface area contributed by atoms with Gasteiger partial charge in [-0.1, -0.05) is 6.07 Å². The molecule has 0 amide bonds. The number of phenols is 2. The van der Waals surface area contributed by atoms with Crippen LogP contribution in [0.4, 0.5) is 0 Å². The molecule has 0 heterocycles. The Labute approximate surface area is 91.7 Å². The number of hydrogen-bond donors (Lipinski definition) is 3. The first kappa shape index (κ1) is 11.3. The quantitative estimate of drug-likeness (QED) is 0.714. The molecule has 0 bridgehead atoms. The molecular weight excluding hydrogens is 246 g/mol. The highest BCUT2D eigenvalue weighted by Crippen LogP contribution is 2.36. The van der Waals surface area contributed by atoms with Gasteiger partial charge in [0.05, 0.1) is 4.47 Å². The van der Waals surface area contributed by atoms with Gasteiger partial charge in [-0.05, 0) is 47.8 Å². The van der Waals surface area contributed by atoms with Crippen molar-refractivity contribution in [3.8, 4) is 11.5 Å². The summed E-state index contributed by atoms with van der Waals surface area (Å²) < 4.78 is 0.480. The molecule has 0 atom stereocenters. The maximum Gasteiger partial charge on any atom is 0.172 e. The molecule has 4 N–H and O–H groups in total. The second-order valence-electron chi connectivity index (χ2n) is 4.07. The van der Waals surface area contributed by atoms with Crippen LogP contribution in [-0.2, 0) is 6.42 Å². The van der Waals surface area contributed by atoms with Gasteiger partial charge in [0.2, 0.25) is 0 Å². The Morgan fingerprint density at radius 2 is 1.86 bits per heavy atom. The minimum absolute atomic E-state index is 0.0992. The summed E-state index contributed by atoms with van der Waals surface area (Å²) in [6.45, 7) is 3.73. The van der Waals surface area contributed by atoms with Crippen molar-refractivity contribution >= 4 is 15.9 Å². The van der Waals surface area contributed by atoms with Crippen molar-refractivity contribution in [1.82, 2.24) is 0 Å². The van der Waals surface area contributed by atoms with Crippen LogP contribution in [0.25, 0.3) is 0 Å². The van der Waals surface area contributed by atoms with Gasteiger partial charge in [0.15, 0.2) is 11.5 Å². The molecule has 0 aliphatic heterocycles. The maximum atomic E-state index is 9.61. The molecule has 1 rings (SSSR count). The summed E-state index contributed by atoms with van der Waals surface area (Å²) in [6, 6.07) is 3.43. The largest absolute Gasteiger partial charge is 0.504 e. The zero-order valence-electron chi connectivity index (χ0n) is 8.21. The van der Waals surface area contributed by atoms with E-state index in [4.69, 9.17) is 5.73 Å². The van der Waals surface area contributed by atoms with E-state index < -0.39 is 5.54 Å². The van der Waals surface area contributed by atoms with Gasteiger partial charge in [-0.25, -0.2) is 0 Å². The smallest absolute Gasteiger partial charge is 0.172 e. The Hall–Kier alpha value is -0.740. The first-order valence-electron chi connectivity index (χ1n) is 4.29. The van der Waals surface area contributed by atoms with Gasteiger partial charge < -0.3 is 15.9 Å². The second kappa shape index (κ2) is 3.79. The summed E-state index contributed by atoms with van der Waals surface area (Å²) in [5.74, 6) is -0.232. The Bertz CT molecular complexity index is 345. The third kappa shape index (κ3) is 2.62. The van der Waals surface area contributed by atoms with Crippen molar-refractivity contribution in [1.29, 1.82) is 0 Å². The van der Waals surface area contributed by atoms with Crippen molar-refractivity contribution < 1.29 is 10.2 Å². The Balaban J connectivity index is 3.06. The van der Waals surface area contributed by atoms with E-state index in [1.165, 1.54) is 0 Å². The van der Waals surface area contributed by atoms with Gasteiger partial charge >= 0.3 is 0 Å². The molecule has 1 aromatic rings. The number of rotatable bonds is 2. The highest BCUT2D eigenvalue weighted by atomic mass is 79.9. The van der Waals surface area contributed by atoms with Crippen LogP contribution in [0.15, 0.2) is 16.6 Å². The summed E-state index contributed by atoms with van der Waals surface area (Å²) in [7, 11) is 0. The number of halogens is 1. The molecule has 14 heavy (non-hydrogen) atoms. The fraction of sp³-hybridized carbons (Fsp3) is 0.400. The summed E-state index contributed by atoms with van der Waals surface area (Å²) in [5, 5.41) is 19.1. The standard InChI is InChI=1S/C10H14BrNO2/c1-10(2,12)5-6-3-4-7(11)9(14)8(6)13/h3-4,13-14H,5,12H2,1-2H3. The van der Waals surface area contributed by atoms with Crippen LogP contribution < -0.4 is 5.73 Å². The van der Waals surface area contributed by atoms with E-state index in [0.717, 1.165) is 0 Å². The summed E-state index contributed by atoms with van der Waals surface area (Å²) >= 11 is 3.12. The Morgan fingerprint density at radius 1 is 1.29 bits per heavy atom. The number of aromatic hydroxyl groups is 2. The topological polar surface area (TPSA) is 66.5 Å². The van der Waals surface area contributed by atoms with Crippen molar-refractivity contribution in [2.45, 2.75) is 25.8 Å². The van der Waals surface area contributed by atoms with E-state index in [1.54, 1.807) is 12.1 Å². The Morgan fingerprint density at radius 3 is 2.36 bits per heavy atom. The molecule has 4 heteroatoms. The highest BCUT2D eigenvalue weighted by molar-refractivity contribution is 9.10. The molecule has 3 nitrogen and oxygen atoms in total. The summed E-state index contributed by atoms with van der Waals surface area (Å²) in [4.78, 5) is 0. The number of phenolic OH excluding ortho intramolecular Hbond substituents is 2. The normalized spacial score (nSPS) is 11.7. The molecule has 0 spiro atoms. The lowest BCUT2D eigenvalue weighted by molar-refractivity contribution is 0.391. The zero-order valence-corrected chi connectivity index (χ0v) is 9.80. The van der Waals surface area contributed by atoms with Gasteiger partial charge in [0.25, 0.3) is 0 Å². The van der Waals surface area contributed by atoms with E-state index in [1.807, 2.05) is 13.8 Å². The molecule has 0 aliphatic carbocycles. The Kier molecular flexibility index (Phi) is 3.07. The SMILES string of the molecule is CC(C)(N)Cc1ccc(Br)c(O)c1O. The summed E-state index contributed by atoms with van der Waals surface area (Å²) in [6.07, 6.45) is 0.514. The predicted octanol–water partition coefficient (Wildman–Crippen LogP) is 2.14. The minimum Gasteiger partial charge on any atom is -0.504 e. The van der Waals surface area contributed by atoms with Crippen LogP contribution in [0.3, 0.4) is 0 Å². The van der Waals surface area contributed by atoms with Gasteiger partial charge in [0.1, 0.15) is 0 Å². The monoisotopic (exact) mass is 259 g/mol. The second-order valence-corrected chi connectivity index (χ2v) is 4.92. The maximum absolute atomic E-state index is 9.61. The molecule has 1 aromatic carbocycles. The van der Waals surface area contributed by atoms with Crippen LogP contribution in [-0.4, -0.2) is 15.8 Å². The molecule has 0 saturated carbocycles. The minimum atomic E-state index is -0.405. The van der Waals surface area contributed by atoms with Crippen LogP contribution in [0.1, 0.15) is 19.4 Å². The molecule has 0 aliphatic rings. The average Bonchev–Trinajstić information content (AvgIpc) is 2.04. The molecule has 0 aromatic heterocycles. The van der Waals surface area contributed by atoms with Crippen molar-refractivity contribution in [3.63, 3.8) is 0 Å². The van der Waals surface area contributed by atoms with Crippen LogP contribution in [0.5, 0.6) is 11.5 Å². The van der Waals surface area contributed by atoms with E-state index in [-0.39, 0.29) is 11.5 Å². The molecular formula is C10H14BrNO2. The van der Waals surface area contributed by atoms with Gasteiger partial charge in [-0.15, -0.1) is 0 Å². The zero-order chi connectivity index (χ0) is 10.9. The molecule has 0 fully saturated rings. The van der Waals surface area contributed by atoms with E-state index in [0.29, 0.717) is 16.5 Å². The van der Waals surface area contributed by atoms with Crippen molar-refractivity contribution in [2.75, 3.05) is 0 Å². The van der Waals surface area contributed by atoms with Crippen molar-refractivity contribution in [3.05, 3.63) is 22.2 Å². The fourth-order valence-corrected chi connectivity index (χ4v) is 1.55. The van der Waals surface area contributed by atoms with E-state index in [2.05, 4.69) is 15.9 Å². The van der Waals surface area contributed by atoms with Crippen molar-refractivity contribution in [2.24, 2.45) is 5.73 Å². The number of hydrogen-bond acceptors (Lipinski definition) is 3. The fourth-order valence-electron chi connectivity index (χ4n) is 1.23. The number of benzene rings is 1. The highest BCUT2D eigenvalue weighted by Gasteiger charge is 2.17. The van der Waals surface area contributed by atoms with E-state index >= 15 is 0 Å². The average molecular weight is 260 g/mol. The van der Waals surface area contributed by atoms with Crippen LogP contribution in [0.2, 0.25) is 0 Å². The van der Waals surface area contributed by atoms with Crippen LogP contribution >= 0.6 is 15.9 Å². The predicted molar refractivity (Wildman–Crippen MR) is 59.4 cm³/mol. The van der Waals surface area contributed by atoms with Gasteiger partial charge in [0, 0.05) is 5.54 Å². The lowest BCUT2D eigenvalue weighted by Gasteiger charge is -2.19. The van der Waals surface area contributed by atoms with Gasteiger partial charge in [-0.2, -0.15) is 0 Å². The lowest BCUT2D eigenvalue weighted by atomic mass is 9.95. The first-order chi connectivity index (χ1) is 6.31. The molecule has 0 unspecified atom stereocenters. The molecule has 78 valence electrons. The third-order valence-corrected chi connectivity index (χ3v) is 2.47. The summed E-state index contributed by atoms with van der Waals surface area (Å²) in [5.41, 5.74) is 6.07. The molecule has 0 saturated heterocycles.